The van der Waals surface area contributed by atoms with Crippen LogP contribution in [0.4, 0.5) is 0 Å². The Morgan fingerprint density at radius 1 is 1.14 bits per heavy atom. The first-order chi connectivity index (χ1) is 6.40. The van der Waals surface area contributed by atoms with E-state index in [1.54, 1.807) is 0 Å². The predicted molar refractivity (Wildman–Crippen MR) is 60.0 cm³/mol. The molecule has 0 aromatic heterocycles. The Labute approximate surface area is 87.0 Å². The van der Waals surface area contributed by atoms with Crippen LogP contribution in [-0.4, -0.2) is 21.4 Å². The molecule has 0 radical (unpaired) electrons. The first kappa shape index (κ1) is 13.4. The second-order valence-corrected chi connectivity index (χ2v) is 3.83. The van der Waals surface area contributed by atoms with Crippen LogP contribution >= 0.6 is 0 Å². The number of hydrogen-bond donors (Lipinski definition) is 2. The molecule has 2 heteroatoms. The van der Waals surface area contributed by atoms with Gasteiger partial charge >= 0.3 is 0 Å². The first-order valence-electron chi connectivity index (χ1n) is 5.12. The molecule has 0 rings (SSSR count). The van der Waals surface area contributed by atoms with Gasteiger partial charge in [-0.05, 0) is 12.8 Å². The van der Waals surface area contributed by atoms with Gasteiger partial charge in [-0.2, -0.15) is 0 Å². The zero-order chi connectivity index (χ0) is 11.4. The van der Waals surface area contributed by atoms with Gasteiger partial charge in [0.2, 0.25) is 0 Å². The number of rotatable bonds is 6. The summed E-state index contributed by atoms with van der Waals surface area (Å²) in [6, 6.07) is 0. The van der Waals surface area contributed by atoms with E-state index in [4.69, 9.17) is 0 Å². The van der Waals surface area contributed by atoms with E-state index in [0.717, 1.165) is 0 Å². The Bertz CT molecular complexity index is 196. The maximum Gasteiger partial charge on any atom is 0.106 e. The zero-order valence-corrected chi connectivity index (χ0v) is 9.45. The number of aliphatic hydroxyl groups is 2. The van der Waals surface area contributed by atoms with Crippen LogP contribution in [0.25, 0.3) is 0 Å². The Morgan fingerprint density at radius 3 is 1.71 bits per heavy atom. The molecule has 2 N–H and O–H groups in total. The van der Waals surface area contributed by atoms with E-state index >= 15 is 0 Å². The molecule has 82 valence electrons. The standard InChI is InChI=1S/C12H22O2/c1-6-11(13,7-2)10(5)12(14,8-3)9-4/h6-7,10,13-14H,1-2,8-9H2,3-5H3. The van der Waals surface area contributed by atoms with E-state index in [2.05, 4.69) is 13.2 Å². The van der Waals surface area contributed by atoms with Crippen molar-refractivity contribution < 1.29 is 10.2 Å². The molecular formula is C12H22O2. The minimum Gasteiger partial charge on any atom is -0.389 e. The lowest BCUT2D eigenvalue weighted by molar-refractivity contribution is -0.0816. The fourth-order valence-corrected chi connectivity index (χ4v) is 1.73. The van der Waals surface area contributed by atoms with Crippen LogP contribution in [0, 0.1) is 5.92 Å². The average molecular weight is 198 g/mol. The highest BCUT2D eigenvalue weighted by Crippen LogP contribution is 2.34. The van der Waals surface area contributed by atoms with Crippen LogP contribution in [0.15, 0.2) is 25.3 Å². The van der Waals surface area contributed by atoms with Crippen molar-refractivity contribution in [2.75, 3.05) is 0 Å². The van der Waals surface area contributed by atoms with Gasteiger partial charge in [-0.25, -0.2) is 0 Å². The predicted octanol–water partition coefficient (Wildman–Crippen LogP) is 2.28. The second-order valence-electron chi connectivity index (χ2n) is 3.83. The molecule has 1 unspecified atom stereocenters. The molecule has 0 aliphatic heterocycles. The molecule has 0 aliphatic rings. The molecule has 0 aliphatic carbocycles. The van der Waals surface area contributed by atoms with Crippen molar-refractivity contribution in [3.8, 4) is 0 Å². The molecule has 2 nitrogen and oxygen atoms in total. The van der Waals surface area contributed by atoms with E-state index in [-0.39, 0.29) is 5.92 Å². The van der Waals surface area contributed by atoms with Crippen LogP contribution in [0.2, 0.25) is 0 Å². The quantitative estimate of drug-likeness (QED) is 0.643. The van der Waals surface area contributed by atoms with Crippen molar-refractivity contribution in [2.24, 2.45) is 5.92 Å². The molecule has 0 bridgehead atoms. The zero-order valence-electron chi connectivity index (χ0n) is 9.45. The average Bonchev–Trinajstić information content (AvgIpc) is 2.25. The van der Waals surface area contributed by atoms with Crippen LogP contribution < -0.4 is 0 Å². The van der Waals surface area contributed by atoms with Gasteiger partial charge in [-0.15, -0.1) is 0 Å². The summed E-state index contributed by atoms with van der Waals surface area (Å²) >= 11 is 0. The molecule has 0 fully saturated rings. The molecule has 0 saturated heterocycles. The maximum atomic E-state index is 10.2. The molecule has 0 spiro atoms. The minimum atomic E-state index is -1.19. The summed E-state index contributed by atoms with van der Waals surface area (Å²) in [5, 5.41) is 20.3. The summed E-state index contributed by atoms with van der Waals surface area (Å²) in [7, 11) is 0. The third-order valence-corrected chi connectivity index (χ3v) is 3.38. The lowest BCUT2D eigenvalue weighted by Gasteiger charge is -2.40. The molecule has 0 amide bonds. The lowest BCUT2D eigenvalue weighted by atomic mass is 9.73. The maximum absolute atomic E-state index is 10.2. The molecule has 1 atom stereocenters. The molecule has 0 saturated carbocycles. The topological polar surface area (TPSA) is 40.5 Å². The highest BCUT2D eigenvalue weighted by molar-refractivity contribution is 5.14. The highest BCUT2D eigenvalue weighted by Gasteiger charge is 2.41. The van der Waals surface area contributed by atoms with Crippen LogP contribution in [0.3, 0.4) is 0 Å². The van der Waals surface area contributed by atoms with E-state index in [0.29, 0.717) is 12.8 Å². The van der Waals surface area contributed by atoms with E-state index in [1.165, 1.54) is 12.2 Å². The summed E-state index contributed by atoms with van der Waals surface area (Å²) in [5.41, 5.74) is -2.06. The van der Waals surface area contributed by atoms with Gasteiger partial charge < -0.3 is 10.2 Å². The van der Waals surface area contributed by atoms with E-state index in [9.17, 15) is 10.2 Å². The van der Waals surface area contributed by atoms with Crippen molar-refractivity contribution in [3.63, 3.8) is 0 Å². The first-order valence-corrected chi connectivity index (χ1v) is 5.12. The van der Waals surface area contributed by atoms with Gasteiger partial charge in [0.05, 0.1) is 5.60 Å². The molecule has 0 aromatic carbocycles. The van der Waals surface area contributed by atoms with E-state index < -0.39 is 11.2 Å². The van der Waals surface area contributed by atoms with Gasteiger partial charge in [0.1, 0.15) is 5.60 Å². The summed E-state index contributed by atoms with van der Waals surface area (Å²) in [6.07, 6.45) is 4.07. The molecule has 0 aromatic rings. The van der Waals surface area contributed by atoms with Crippen molar-refractivity contribution >= 4 is 0 Å². The van der Waals surface area contributed by atoms with Gasteiger partial charge in [0.25, 0.3) is 0 Å². The Kier molecular flexibility index (Phi) is 4.56. The SMILES string of the molecule is C=CC(O)(C=C)C(C)C(O)(CC)CC. The third-order valence-electron chi connectivity index (χ3n) is 3.38. The smallest absolute Gasteiger partial charge is 0.106 e. The fraction of sp³-hybridized carbons (Fsp3) is 0.667. The summed E-state index contributed by atoms with van der Waals surface area (Å²) < 4.78 is 0. The Morgan fingerprint density at radius 2 is 1.50 bits per heavy atom. The summed E-state index contributed by atoms with van der Waals surface area (Å²) in [4.78, 5) is 0. The Balaban J connectivity index is 4.98. The molecular weight excluding hydrogens is 176 g/mol. The number of hydrogen-bond acceptors (Lipinski definition) is 2. The Hall–Kier alpha value is -0.600. The molecule has 0 heterocycles. The summed E-state index contributed by atoms with van der Waals surface area (Å²) in [5.74, 6) is -0.306. The summed E-state index contributed by atoms with van der Waals surface area (Å²) in [6.45, 7) is 12.8. The fourth-order valence-electron chi connectivity index (χ4n) is 1.73. The van der Waals surface area contributed by atoms with E-state index in [1.807, 2.05) is 20.8 Å². The van der Waals surface area contributed by atoms with Gasteiger partial charge in [0.15, 0.2) is 0 Å². The van der Waals surface area contributed by atoms with Gasteiger partial charge in [-0.1, -0.05) is 46.1 Å². The monoisotopic (exact) mass is 198 g/mol. The lowest BCUT2D eigenvalue weighted by Crippen LogP contribution is -2.47. The van der Waals surface area contributed by atoms with Crippen LogP contribution in [0.5, 0.6) is 0 Å². The third kappa shape index (κ3) is 2.25. The van der Waals surface area contributed by atoms with Crippen molar-refractivity contribution in [3.05, 3.63) is 25.3 Å². The van der Waals surface area contributed by atoms with Crippen LogP contribution in [0.1, 0.15) is 33.6 Å². The van der Waals surface area contributed by atoms with Gasteiger partial charge in [0, 0.05) is 5.92 Å². The second kappa shape index (κ2) is 4.76. The highest BCUT2D eigenvalue weighted by atomic mass is 16.3. The van der Waals surface area contributed by atoms with Crippen LogP contribution in [-0.2, 0) is 0 Å². The van der Waals surface area contributed by atoms with Gasteiger partial charge in [-0.3, -0.25) is 0 Å². The normalized spacial score (nSPS) is 14.9. The minimum absolute atomic E-state index is 0.306. The largest absolute Gasteiger partial charge is 0.389 e. The molecule has 14 heavy (non-hydrogen) atoms. The van der Waals surface area contributed by atoms with Crippen molar-refractivity contribution in [2.45, 2.75) is 44.8 Å². The van der Waals surface area contributed by atoms with Crippen molar-refractivity contribution in [1.29, 1.82) is 0 Å². The van der Waals surface area contributed by atoms with Crippen molar-refractivity contribution in [1.82, 2.24) is 0 Å².